The highest BCUT2D eigenvalue weighted by Crippen LogP contribution is 2.52. The number of phosphoric acid groups is 1. The quantitative estimate of drug-likeness (QED) is 0.0353. The molecule has 1 aliphatic heterocycles. The predicted molar refractivity (Wildman–Crippen MR) is 193 cm³/mol. The lowest BCUT2D eigenvalue weighted by Gasteiger charge is -2.44. The third-order valence-electron chi connectivity index (χ3n) is 7.41. The molecule has 1 rings (SSSR count). The van der Waals surface area contributed by atoms with Crippen LogP contribution >= 0.6 is 7.82 Å². The van der Waals surface area contributed by atoms with E-state index in [2.05, 4.69) is 0 Å². The lowest BCUT2D eigenvalue weighted by molar-refractivity contribution is -0.293. The lowest BCUT2D eigenvalue weighted by Crippen LogP contribution is -2.63. The maximum absolute atomic E-state index is 14.2. The van der Waals surface area contributed by atoms with Crippen LogP contribution in [0.1, 0.15) is 132 Å². The molecule has 56 heavy (non-hydrogen) atoms. The van der Waals surface area contributed by atoms with E-state index < -0.39 is 107 Å². The second kappa shape index (κ2) is 28.0. The zero-order chi connectivity index (χ0) is 42.1. The van der Waals surface area contributed by atoms with Crippen LogP contribution in [0.2, 0.25) is 0 Å². The van der Waals surface area contributed by atoms with Crippen LogP contribution in [-0.4, -0.2) is 99.3 Å². The second-order valence-electron chi connectivity index (χ2n) is 13.2. The molecule has 0 spiro atoms. The highest BCUT2D eigenvalue weighted by atomic mass is 31.2. The Kier molecular flexibility index (Phi) is 25.2. The number of phosphoric ester groups is 1. The molecule has 0 unspecified atom stereocenters. The highest BCUT2D eigenvalue weighted by Gasteiger charge is 2.55. The summed E-state index contributed by atoms with van der Waals surface area (Å²) in [5.41, 5.74) is 0. The first-order chi connectivity index (χ1) is 26.6. The maximum atomic E-state index is 14.2. The van der Waals surface area contributed by atoms with Crippen molar-refractivity contribution in [2.45, 2.75) is 175 Å². The van der Waals surface area contributed by atoms with E-state index in [1.165, 1.54) is 0 Å². The number of carbonyl (C=O) groups excluding carboxylic acids is 6. The van der Waals surface area contributed by atoms with Crippen molar-refractivity contribution in [3.63, 3.8) is 0 Å². The van der Waals surface area contributed by atoms with E-state index in [-0.39, 0.29) is 25.7 Å². The van der Waals surface area contributed by atoms with Crippen molar-refractivity contribution in [2.75, 3.05) is 20.2 Å². The molecule has 1 fully saturated rings. The third-order valence-corrected chi connectivity index (χ3v) is 8.72. The Hall–Kier alpha value is -3.51. The molecule has 0 aromatic heterocycles. The van der Waals surface area contributed by atoms with Crippen molar-refractivity contribution >= 4 is 44.0 Å². The molecule has 0 amide bonds. The summed E-state index contributed by atoms with van der Waals surface area (Å²) < 4.78 is 78.6. The molecule has 1 saturated heterocycles. The van der Waals surface area contributed by atoms with Gasteiger partial charge < -0.3 is 42.6 Å². The van der Waals surface area contributed by atoms with Crippen LogP contribution in [0.5, 0.6) is 0 Å². The van der Waals surface area contributed by atoms with Crippen molar-refractivity contribution in [3.05, 3.63) is 0 Å². The van der Waals surface area contributed by atoms with Crippen molar-refractivity contribution < 1.29 is 89.5 Å². The second-order valence-corrected chi connectivity index (χ2v) is 14.8. The third kappa shape index (κ3) is 21.1. The van der Waals surface area contributed by atoms with Gasteiger partial charge in [-0.05, 0) is 53.4 Å². The molecule has 20 heteroatoms. The Bertz CT molecular complexity index is 1220. The van der Waals surface area contributed by atoms with Gasteiger partial charge in [-0.1, -0.05) is 53.4 Å². The van der Waals surface area contributed by atoms with E-state index in [1.807, 2.05) is 27.7 Å². The van der Waals surface area contributed by atoms with Crippen LogP contribution < -0.4 is 0 Å². The van der Waals surface area contributed by atoms with E-state index in [0.717, 1.165) is 0 Å². The summed E-state index contributed by atoms with van der Waals surface area (Å²) in [6.45, 7) is 10.8. The standard InChI is InChI=1S/C36H61O19P/c1-9-13-17-27(37)44-21-26-31(52-28(38)18-14-10-2)32(53-29(39)19-15-11-3)33(54-30(40)20-16-12-4)34(51-26)55-56(43,47-22-45-35(41)49-24(5)6)48-23-46-36(42)50-25(7)8/h24-26,31-34H,9-23H2,1-8H3/t26-,31-,32+,33+,34-/m1/s1. The van der Waals surface area contributed by atoms with Gasteiger partial charge in [-0.3, -0.25) is 23.7 Å². The molecule has 0 aliphatic carbocycles. The zero-order valence-corrected chi connectivity index (χ0v) is 34.7. The van der Waals surface area contributed by atoms with E-state index in [0.29, 0.717) is 51.4 Å². The van der Waals surface area contributed by atoms with Gasteiger partial charge in [-0.15, -0.1) is 0 Å². The molecule has 0 radical (unpaired) electrons. The van der Waals surface area contributed by atoms with Crippen LogP contribution in [0.25, 0.3) is 0 Å². The largest absolute Gasteiger partial charge is 0.510 e. The van der Waals surface area contributed by atoms with Crippen LogP contribution in [0, 0.1) is 0 Å². The maximum Gasteiger partial charge on any atom is 0.510 e. The lowest BCUT2D eigenvalue weighted by atomic mass is 9.98. The average molecular weight is 829 g/mol. The molecule has 19 nitrogen and oxygen atoms in total. The molecule has 324 valence electrons. The summed E-state index contributed by atoms with van der Waals surface area (Å²) in [4.78, 5) is 76.3. The Labute approximate surface area is 328 Å². The summed E-state index contributed by atoms with van der Waals surface area (Å²) in [6, 6.07) is 0. The normalized spacial score (nSPS) is 19.5. The van der Waals surface area contributed by atoms with Gasteiger partial charge in [-0.2, -0.15) is 0 Å². The first-order valence-corrected chi connectivity index (χ1v) is 20.7. The highest BCUT2D eigenvalue weighted by molar-refractivity contribution is 7.48. The average Bonchev–Trinajstić information content (AvgIpc) is 3.12. The monoisotopic (exact) mass is 828 g/mol. The van der Waals surface area contributed by atoms with E-state index in [4.69, 9.17) is 56.2 Å². The van der Waals surface area contributed by atoms with Gasteiger partial charge in [0.25, 0.3) is 0 Å². The summed E-state index contributed by atoms with van der Waals surface area (Å²) in [7, 11) is -5.13. The molecular weight excluding hydrogens is 767 g/mol. The Morgan fingerprint density at radius 3 is 1.36 bits per heavy atom. The van der Waals surface area contributed by atoms with Crippen LogP contribution in [0.15, 0.2) is 0 Å². The smallest absolute Gasteiger partial charge is 0.463 e. The fourth-order valence-corrected chi connectivity index (χ4v) is 5.60. The number of hydrogen-bond acceptors (Lipinski definition) is 19. The van der Waals surface area contributed by atoms with Gasteiger partial charge in [-0.25, -0.2) is 23.2 Å². The molecule has 0 aromatic rings. The number of unbranched alkanes of at least 4 members (excludes halogenated alkanes) is 4. The topological polar surface area (TPSA) is 230 Å². The summed E-state index contributed by atoms with van der Waals surface area (Å²) in [6.07, 6.45) is -8.03. The van der Waals surface area contributed by atoms with Crippen molar-refractivity contribution in [3.8, 4) is 0 Å². The molecule has 1 aliphatic rings. The van der Waals surface area contributed by atoms with Gasteiger partial charge in [0.2, 0.25) is 19.9 Å². The molecular formula is C36H61O19P. The number of hydrogen-bond donors (Lipinski definition) is 0. The number of rotatable bonds is 27. The van der Waals surface area contributed by atoms with Crippen LogP contribution in [-0.2, 0) is 79.9 Å². The Balaban J connectivity index is 3.77. The molecule has 1 heterocycles. The minimum absolute atomic E-state index is 0.0389. The summed E-state index contributed by atoms with van der Waals surface area (Å²) in [5, 5.41) is 0. The van der Waals surface area contributed by atoms with Gasteiger partial charge in [0.15, 0.2) is 18.3 Å². The summed E-state index contributed by atoms with van der Waals surface area (Å²) >= 11 is 0. The number of carbonyl (C=O) groups is 6. The first-order valence-electron chi connectivity index (χ1n) is 19.2. The number of ether oxygens (including phenoxy) is 9. The van der Waals surface area contributed by atoms with Crippen LogP contribution in [0.4, 0.5) is 9.59 Å². The molecule has 0 N–H and O–H groups in total. The molecule has 0 aromatic carbocycles. The molecule has 0 bridgehead atoms. The van der Waals surface area contributed by atoms with Crippen LogP contribution in [0.3, 0.4) is 0 Å². The fourth-order valence-electron chi connectivity index (χ4n) is 4.62. The predicted octanol–water partition coefficient (Wildman–Crippen LogP) is 6.95. The SMILES string of the molecule is CCCCC(=O)OC[C@H]1O[C@H](OP(=O)(OCOC(=O)OC(C)C)OCOC(=O)OC(C)C)[C@@H](OC(=O)CCCC)[C@@H](OC(=O)CCCC)[C@@H]1OC(=O)CCCC. The Morgan fingerprint density at radius 2 is 0.946 bits per heavy atom. The minimum Gasteiger partial charge on any atom is -0.463 e. The number of esters is 4. The van der Waals surface area contributed by atoms with E-state index in [9.17, 15) is 33.3 Å². The van der Waals surface area contributed by atoms with Gasteiger partial charge in [0.1, 0.15) is 12.7 Å². The van der Waals surface area contributed by atoms with E-state index >= 15 is 0 Å². The van der Waals surface area contributed by atoms with Gasteiger partial charge in [0.05, 0.1) is 12.2 Å². The van der Waals surface area contributed by atoms with Crippen molar-refractivity contribution in [1.29, 1.82) is 0 Å². The Morgan fingerprint density at radius 1 is 0.554 bits per heavy atom. The van der Waals surface area contributed by atoms with E-state index in [1.54, 1.807) is 27.7 Å². The summed E-state index contributed by atoms with van der Waals surface area (Å²) in [5.74, 6) is -2.94. The first kappa shape index (κ1) is 50.5. The van der Waals surface area contributed by atoms with Crippen molar-refractivity contribution in [2.24, 2.45) is 0 Å². The van der Waals surface area contributed by atoms with Gasteiger partial charge >= 0.3 is 44.0 Å². The molecule has 5 atom stereocenters. The molecule has 0 saturated carbocycles. The fraction of sp³-hybridized carbons (Fsp3) is 0.833. The minimum atomic E-state index is -5.13. The zero-order valence-electron chi connectivity index (χ0n) is 33.9. The van der Waals surface area contributed by atoms with Crippen molar-refractivity contribution in [1.82, 2.24) is 0 Å². The van der Waals surface area contributed by atoms with Gasteiger partial charge in [0, 0.05) is 25.7 Å².